The van der Waals surface area contributed by atoms with Gasteiger partial charge in [0.05, 0.1) is 18.4 Å². The van der Waals surface area contributed by atoms with Crippen molar-refractivity contribution in [2.24, 2.45) is 0 Å². The fourth-order valence-corrected chi connectivity index (χ4v) is 3.22. The van der Waals surface area contributed by atoms with Crippen LogP contribution in [0.15, 0.2) is 48.5 Å². The van der Waals surface area contributed by atoms with E-state index < -0.39 is 5.97 Å². The predicted octanol–water partition coefficient (Wildman–Crippen LogP) is 5.18. The van der Waals surface area contributed by atoms with Crippen molar-refractivity contribution in [2.45, 2.75) is 33.6 Å². The molecule has 150 valence electrons. The number of aromatic nitrogens is 2. The zero-order chi connectivity index (χ0) is 20.8. The number of esters is 1. The quantitative estimate of drug-likeness (QED) is 0.541. The van der Waals surface area contributed by atoms with Crippen molar-refractivity contribution in [1.82, 2.24) is 9.97 Å². The lowest BCUT2D eigenvalue weighted by atomic mass is 10.0. The molecular weight excluding hydrogens is 364 g/mol. The molecule has 0 atom stereocenters. The zero-order valence-corrected chi connectivity index (χ0v) is 17.2. The van der Waals surface area contributed by atoms with E-state index >= 15 is 0 Å². The molecule has 0 unspecified atom stereocenters. The summed E-state index contributed by atoms with van der Waals surface area (Å²) < 4.78 is 4.87. The Labute approximate surface area is 171 Å². The number of aryl methyl sites for hydroxylation is 3. The van der Waals surface area contributed by atoms with Crippen LogP contribution in [0.25, 0.3) is 0 Å². The fourth-order valence-electron chi connectivity index (χ4n) is 3.22. The van der Waals surface area contributed by atoms with Gasteiger partial charge in [-0.2, -0.15) is 4.98 Å². The predicted molar refractivity (Wildman–Crippen MR) is 116 cm³/mol. The summed E-state index contributed by atoms with van der Waals surface area (Å²) in [6.07, 6.45) is 1.83. The third-order valence-corrected chi connectivity index (χ3v) is 4.68. The van der Waals surface area contributed by atoms with Crippen molar-refractivity contribution in [3.8, 4) is 0 Å². The molecule has 2 aromatic carbocycles. The van der Waals surface area contributed by atoms with Gasteiger partial charge in [0.1, 0.15) is 5.82 Å². The van der Waals surface area contributed by atoms with E-state index in [4.69, 9.17) is 4.74 Å². The molecule has 0 bridgehead atoms. The first kappa shape index (κ1) is 20.3. The highest BCUT2D eigenvalue weighted by Crippen LogP contribution is 2.27. The first-order valence-corrected chi connectivity index (χ1v) is 9.73. The molecule has 6 nitrogen and oxygen atoms in total. The molecule has 29 heavy (non-hydrogen) atoms. The van der Waals surface area contributed by atoms with E-state index in [-0.39, 0.29) is 0 Å². The summed E-state index contributed by atoms with van der Waals surface area (Å²) in [4.78, 5) is 21.2. The molecule has 6 heteroatoms. The van der Waals surface area contributed by atoms with Crippen molar-refractivity contribution >= 4 is 29.1 Å². The number of carbonyl (C=O) groups is 1. The average Bonchev–Trinajstić information content (AvgIpc) is 2.73. The summed E-state index contributed by atoms with van der Waals surface area (Å²) in [5.74, 6) is 0.712. The standard InChI is InChI=1S/C23H26N4O2/c1-5-16-10-9-11-17(6-2)21(16)27-23-24-15(3)14-20(26-23)25-19-13-8-7-12-18(19)22(28)29-4/h7-14H,5-6H2,1-4H3,(H2,24,25,26,27). The summed E-state index contributed by atoms with van der Waals surface area (Å²) in [7, 11) is 1.37. The van der Waals surface area contributed by atoms with Gasteiger partial charge in [-0.05, 0) is 43.0 Å². The number of benzene rings is 2. The highest BCUT2D eigenvalue weighted by atomic mass is 16.5. The third-order valence-electron chi connectivity index (χ3n) is 4.68. The zero-order valence-electron chi connectivity index (χ0n) is 17.2. The Balaban J connectivity index is 1.94. The average molecular weight is 390 g/mol. The van der Waals surface area contributed by atoms with Crippen LogP contribution < -0.4 is 10.6 Å². The fraction of sp³-hybridized carbons (Fsp3) is 0.261. The van der Waals surface area contributed by atoms with Crippen LogP contribution in [0.3, 0.4) is 0 Å². The van der Waals surface area contributed by atoms with Gasteiger partial charge < -0.3 is 15.4 Å². The topological polar surface area (TPSA) is 76.1 Å². The number of para-hydroxylation sites is 2. The lowest BCUT2D eigenvalue weighted by Gasteiger charge is -2.16. The maximum absolute atomic E-state index is 12.0. The monoisotopic (exact) mass is 390 g/mol. The van der Waals surface area contributed by atoms with Crippen LogP contribution in [0.4, 0.5) is 23.1 Å². The smallest absolute Gasteiger partial charge is 0.339 e. The normalized spacial score (nSPS) is 10.5. The van der Waals surface area contributed by atoms with Gasteiger partial charge in [-0.15, -0.1) is 0 Å². The van der Waals surface area contributed by atoms with Gasteiger partial charge in [-0.1, -0.05) is 44.2 Å². The summed E-state index contributed by atoms with van der Waals surface area (Å²) in [6, 6.07) is 15.3. The van der Waals surface area contributed by atoms with Gasteiger partial charge in [-0.25, -0.2) is 9.78 Å². The molecular formula is C23H26N4O2. The largest absolute Gasteiger partial charge is 0.465 e. The molecule has 1 aromatic heterocycles. The van der Waals surface area contributed by atoms with Crippen molar-refractivity contribution in [3.05, 3.63) is 70.9 Å². The van der Waals surface area contributed by atoms with Crippen LogP contribution in [-0.2, 0) is 17.6 Å². The Kier molecular flexibility index (Phi) is 6.44. The van der Waals surface area contributed by atoms with E-state index in [9.17, 15) is 4.79 Å². The van der Waals surface area contributed by atoms with E-state index in [0.717, 1.165) is 24.2 Å². The first-order chi connectivity index (χ1) is 14.0. The molecule has 0 saturated carbocycles. The lowest BCUT2D eigenvalue weighted by Crippen LogP contribution is -2.08. The number of hydrogen-bond donors (Lipinski definition) is 2. The molecule has 0 aliphatic rings. The highest BCUT2D eigenvalue weighted by molar-refractivity contribution is 5.96. The lowest BCUT2D eigenvalue weighted by molar-refractivity contribution is 0.0602. The number of ether oxygens (including phenoxy) is 1. The number of rotatable bonds is 7. The molecule has 1 heterocycles. The van der Waals surface area contributed by atoms with E-state index in [2.05, 4.69) is 52.6 Å². The van der Waals surface area contributed by atoms with Crippen LogP contribution in [0.5, 0.6) is 0 Å². The Morgan fingerprint density at radius 2 is 1.66 bits per heavy atom. The van der Waals surface area contributed by atoms with Crippen molar-refractivity contribution < 1.29 is 9.53 Å². The van der Waals surface area contributed by atoms with Crippen LogP contribution in [0.1, 0.15) is 41.0 Å². The van der Waals surface area contributed by atoms with Crippen molar-refractivity contribution in [1.29, 1.82) is 0 Å². The molecule has 0 aliphatic carbocycles. The molecule has 3 aromatic rings. The van der Waals surface area contributed by atoms with E-state index in [1.807, 2.05) is 25.1 Å². The van der Waals surface area contributed by atoms with E-state index in [1.54, 1.807) is 12.1 Å². The Morgan fingerprint density at radius 1 is 0.966 bits per heavy atom. The number of methoxy groups -OCH3 is 1. The number of anilines is 4. The van der Waals surface area contributed by atoms with Gasteiger partial charge in [0.25, 0.3) is 0 Å². The minimum atomic E-state index is -0.401. The van der Waals surface area contributed by atoms with Crippen LogP contribution in [-0.4, -0.2) is 23.0 Å². The molecule has 0 radical (unpaired) electrons. The van der Waals surface area contributed by atoms with Crippen molar-refractivity contribution in [3.63, 3.8) is 0 Å². The molecule has 0 fully saturated rings. The van der Waals surface area contributed by atoms with E-state index in [1.165, 1.54) is 18.2 Å². The molecule has 0 spiro atoms. The van der Waals surface area contributed by atoms with Gasteiger partial charge in [0, 0.05) is 17.4 Å². The van der Waals surface area contributed by atoms with Gasteiger partial charge >= 0.3 is 5.97 Å². The van der Waals surface area contributed by atoms with Gasteiger partial charge in [0.2, 0.25) is 5.95 Å². The number of hydrogen-bond acceptors (Lipinski definition) is 6. The highest BCUT2D eigenvalue weighted by Gasteiger charge is 2.13. The SMILES string of the molecule is CCc1cccc(CC)c1Nc1nc(C)cc(Nc2ccccc2C(=O)OC)n1. The molecule has 2 N–H and O–H groups in total. The summed E-state index contributed by atoms with van der Waals surface area (Å²) in [5, 5.41) is 6.62. The molecule has 0 saturated heterocycles. The Hall–Kier alpha value is -3.41. The van der Waals surface area contributed by atoms with Crippen molar-refractivity contribution in [2.75, 3.05) is 17.7 Å². The first-order valence-electron chi connectivity index (χ1n) is 9.73. The number of nitrogens with one attached hydrogen (secondary N) is 2. The Bertz CT molecular complexity index is 995. The second kappa shape index (κ2) is 9.19. The number of nitrogens with zero attached hydrogens (tertiary/aromatic N) is 2. The second-order valence-corrected chi connectivity index (χ2v) is 6.66. The summed E-state index contributed by atoms with van der Waals surface area (Å²) >= 11 is 0. The van der Waals surface area contributed by atoms with Crippen LogP contribution in [0, 0.1) is 6.92 Å². The third kappa shape index (κ3) is 4.71. The maximum Gasteiger partial charge on any atom is 0.339 e. The molecule has 3 rings (SSSR count). The Morgan fingerprint density at radius 3 is 2.31 bits per heavy atom. The van der Waals surface area contributed by atoms with Crippen LogP contribution >= 0.6 is 0 Å². The summed E-state index contributed by atoms with van der Waals surface area (Å²) in [6.45, 7) is 6.18. The maximum atomic E-state index is 12.0. The number of carbonyl (C=O) groups excluding carboxylic acids is 1. The summed E-state index contributed by atoms with van der Waals surface area (Å²) in [5.41, 5.74) is 5.40. The minimum absolute atomic E-state index is 0.401. The molecule has 0 aliphatic heterocycles. The second-order valence-electron chi connectivity index (χ2n) is 6.66. The van der Waals surface area contributed by atoms with Crippen LogP contribution in [0.2, 0.25) is 0 Å². The van der Waals surface area contributed by atoms with E-state index in [0.29, 0.717) is 23.0 Å². The van der Waals surface area contributed by atoms with Gasteiger partial charge in [0.15, 0.2) is 0 Å². The molecule has 0 amide bonds. The minimum Gasteiger partial charge on any atom is -0.465 e. The van der Waals surface area contributed by atoms with Gasteiger partial charge in [-0.3, -0.25) is 0 Å².